The number of hydrogen-bond acceptors (Lipinski definition) is 5. The summed E-state index contributed by atoms with van der Waals surface area (Å²) in [5.41, 5.74) is 2.56. The first-order valence-electron chi connectivity index (χ1n) is 9.80. The van der Waals surface area contributed by atoms with Crippen molar-refractivity contribution in [3.05, 3.63) is 60.3 Å². The topological polar surface area (TPSA) is 63.7 Å². The predicted octanol–water partition coefficient (Wildman–Crippen LogP) is 3.97. The third kappa shape index (κ3) is 4.11. The molecule has 1 N–H and O–H groups in total. The monoisotopic (exact) mass is 391 g/mol. The van der Waals surface area contributed by atoms with Gasteiger partial charge in [-0.3, -0.25) is 9.78 Å². The van der Waals surface area contributed by atoms with Crippen LogP contribution in [0.15, 0.2) is 54.7 Å². The lowest BCUT2D eigenvalue weighted by atomic mass is 10.0. The molecule has 1 aliphatic rings. The number of ether oxygens (including phenoxy) is 2. The lowest BCUT2D eigenvalue weighted by Gasteiger charge is -2.34. The average molecular weight is 391 g/mol. The number of hydrogen-bond donors (Lipinski definition) is 1. The van der Waals surface area contributed by atoms with E-state index >= 15 is 0 Å². The molecule has 3 aromatic rings. The number of pyridine rings is 1. The summed E-state index contributed by atoms with van der Waals surface area (Å²) in [6, 6.07) is 15.5. The van der Waals surface area contributed by atoms with Crippen molar-refractivity contribution in [2.75, 3.05) is 32.6 Å². The standard InChI is InChI=1S/C23H25N3O3/c1-28-21-10-8-18(14-22(21)29-2)25-19-6-4-12-26(15-19)23(27)17-7-9-20-16(13-17)5-3-11-24-20/h3,5,7-11,13-14,19,25H,4,6,12,15H2,1-2H3/t19-/m1/s1. The SMILES string of the molecule is COc1ccc(N[C@@H]2CCCN(C(=O)c3ccc4ncccc4c3)C2)cc1OC. The Balaban J connectivity index is 1.46. The number of rotatable bonds is 5. The van der Waals surface area contributed by atoms with Gasteiger partial charge in [0, 0.05) is 48.0 Å². The molecule has 1 atom stereocenters. The van der Waals surface area contributed by atoms with Crippen LogP contribution < -0.4 is 14.8 Å². The summed E-state index contributed by atoms with van der Waals surface area (Å²) in [5, 5.41) is 4.52. The van der Waals surface area contributed by atoms with E-state index in [9.17, 15) is 4.79 Å². The van der Waals surface area contributed by atoms with E-state index in [2.05, 4.69) is 10.3 Å². The second-order valence-corrected chi connectivity index (χ2v) is 7.22. The van der Waals surface area contributed by atoms with E-state index in [0.29, 0.717) is 23.6 Å². The highest BCUT2D eigenvalue weighted by Gasteiger charge is 2.25. The summed E-state index contributed by atoms with van der Waals surface area (Å²) >= 11 is 0. The molecule has 2 heterocycles. The van der Waals surface area contributed by atoms with Gasteiger partial charge in [-0.1, -0.05) is 6.07 Å². The van der Waals surface area contributed by atoms with Crippen LogP contribution in [-0.2, 0) is 0 Å². The Morgan fingerprint density at radius 1 is 1.10 bits per heavy atom. The Morgan fingerprint density at radius 2 is 1.97 bits per heavy atom. The van der Waals surface area contributed by atoms with Crippen molar-refractivity contribution < 1.29 is 14.3 Å². The van der Waals surface area contributed by atoms with Crippen molar-refractivity contribution >= 4 is 22.5 Å². The molecule has 0 radical (unpaired) electrons. The summed E-state index contributed by atoms with van der Waals surface area (Å²) in [4.78, 5) is 19.3. The van der Waals surface area contributed by atoms with Crippen molar-refractivity contribution in [3.63, 3.8) is 0 Å². The zero-order chi connectivity index (χ0) is 20.2. The van der Waals surface area contributed by atoms with Gasteiger partial charge < -0.3 is 19.7 Å². The van der Waals surface area contributed by atoms with E-state index in [1.54, 1.807) is 20.4 Å². The fraction of sp³-hybridized carbons (Fsp3) is 0.304. The highest BCUT2D eigenvalue weighted by molar-refractivity contribution is 5.98. The van der Waals surface area contributed by atoms with Crippen LogP contribution in [0.5, 0.6) is 11.5 Å². The maximum atomic E-state index is 13.1. The maximum absolute atomic E-state index is 13.1. The van der Waals surface area contributed by atoms with Gasteiger partial charge in [-0.05, 0) is 49.2 Å². The van der Waals surface area contributed by atoms with Crippen LogP contribution in [0, 0.1) is 0 Å². The molecular weight excluding hydrogens is 366 g/mol. The second-order valence-electron chi connectivity index (χ2n) is 7.22. The lowest BCUT2D eigenvalue weighted by Crippen LogP contribution is -2.45. The fourth-order valence-corrected chi connectivity index (χ4v) is 3.83. The third-order valence-electron chi connectivity index (χ3n) is 5.31. The largest absolute Gasteiger partial charge is 0.493 e. The van der Waals surface area contributed by atoms with Crippen molar-refractivity contribution in [3.8, 4) is 11.5 Å². The molecule has 1 fully saturated rings. The molecule has 2 aromatic carbocycles. The van der Waals surface area contributed by atoms with Crippen LogP contribution in [0.2, 0.25) is 0 Å². The number of nitrogens with zero attached hydrogens (tertiary/aromatic N) is 2. The van der Waals surface area contributed by atoms with Gasteiger partial charge in [-0.25, -0.2) is 0 Å². The first-order chi connectivity index (χ1) is 14.2. The summed E-state index contributed by atoms with van der Waals surface area (Å²) < 4.78 is 10.7. The number of aromatic nitrogens is 1. The first-order valence-corrected chi connectivity index (χ1v) is 9.80. The van der Waals surface area contributed by atoms with Gasteiger partial charge in [0.25, 0.3) is 5.91 Å². The second kappa shape index (κ2) is 8.39. The van der Waals surface area contributed by atoms with E-state index in [-0.39, 0.29) is 11.9 Å². The van der Waals surface area contributed by atoms with E-state index < -0.39 is 0 Å². The number of fused-ring (bicyclic) bond motifs is 1. The molecule has 150 valence electrons. The van der Waals surface area contributed by atoms with Gasteiger partial charge in [0.15, 0.2) is 11.5 Å². The quantitative estimate of drug-likeness (QED) is 0.713. The van der Waals surface area contributed by atoms with Gasteiger partial charge in [0.2, 0.25) is 0 Å². The molecule has 1 amide bonds. The fourth-order valence-electron chi connectivity index (χ4n) is 3.83. The molecule has 1 aliphatic heterocycles. The van der Waals surface area contributed by atoms with E-state index in [1.165, 1.54) is 0 Å². The predicted molar refractivity (Wildman–Crippen MR) is 114 cm³/mol. The van der Waals surface area contributed by atoms with E-state index in [4.69, 9.17) is 9.47 Å². The number of amides is 1. The smallest absolute Gasteiger partial charge is 0.253 e. The number of nitrogens with one attached hydrogen (secondary N) is 1. The minimum Gasteiger partial charge on any atom is -0.493 e. The summed E-state index contributed by atoms with van der Waals surface area (Å²) in [6.07, 6.45) is 3.74. The number of carbonyl (C=O) groups is 1. The van der Waals surface area contributed by atoms with Gasteiger partial charge in [-0.2, -0.15) is 0 Å². The highest BCUT2D eigenvalue weighted by Crippen LogP contribution is 2.30. The van der Waals surface area contributed by atoms with Crippen LogP contribution >= 0.6 is 0 Å². The van der Waals surface area contributed by atoms with Crippen LogP contribution in [0.25, 0.3) is 10.9 Å². The molecular formula is C23H25N3O3. The number of anilines is 1. The third-order valence-corrected chi connectivity index (χ3v) is 5.31. The van der Waals surface area contributed by atoms with Crippen LogP contribution in [0.1, 0.15) is 23.2 Å². The molecule has 4 rings (SSSR count). The van der Waals surface area contributed by atoms with Gasteiger partial charge in [0.1, 0.15) is 0 Å². The van der Waals surface area contributed by atoms with E-state index in [0.717, 1.165) is 36.0 Å². The molecule has 6 heteroatoms. The van der Waals surface area contributed by atoms with Crippen molar-refractivity contribution in [1.82, 2.24) is 9.88 Å². The van der Waals surface area contributed by atoms with Crippen molar-refractivity contribution in [2.24, 2.45) is 0 Å². The number of likely N-dealkylation sites (tertiary alicyclic amines) is 1. The molecule has 0 saturated carbocycles. The highest BCUT2D eigenvalue weighted by atomic mass is 16.5. The molecule has 0 aliphatic carbocycles. The summed E-state index contributed by atoms with van der Waals surface area (Å²) in [5.74, 6) is 1.45. The summed E-state index contributed by atoms with van der Waals surface area (Å²) in [7, 11) is 3.25. The Morgan fingerprint density at radius 3 is 2.79 bits per heavy atom. The number of methoxy groups -OCH3 is 2. The molecule has 6 nitrogen and oxygen atoms in total. The van der Waals surface area contributed by atoms with Crippen LogP contribution in [0.3, 0.4) is 0 Å². The summed E-state index contributed by atoms with van der Waals surface area (Å²) in [6.45, 7) is 1.44. The Kier molecular flexibility index (Phi) is 5.51. The average Bonchev–Trinajstić information content (AvgIpc) is 2.78. The van der Waals surface area contributed by atoms with Crippen molar-refractivity contribution in [2.45, 2.75) is 18.9 Å². The number of piperidine rings is 1. The molecule has 0 unspecified atom stereocenters. The zero-order valence-electron chi connectivity index (χ0n) is 16.7. The first kappa shape index (κ1) is 19.1. The number of benzene rings is 2. The minimum atomic E-state index is 0.0644. The molecule has 0 bridgehead atoms. The van der Waals surface area contributed by atoms with Gasteiger partial charge in [-0.15, -0.1) is 0 Å². The van der Waals surface area contributed by atoms with Crippen LogP contribution in [-0.4, -0.2) is 49.1 Å². The zero-order valence-corrected chi connectivity index (χ0v) is 16.7. The Labute approximate surface area is 170 Å². The van der Waals surface area contributed by atoms with Gasteiger partial charge >= 0.3 is 0 Å². The molecule has 0 spiro atoms. The lowest BCUT2D eigenvalue weighted by molar-refractivity contribution is 0.0715. The van der Waals surface area contributed by atoms with Gasteiger partial charge in [0.05, 0.1) is 19.7 Å². The van der Waals surface area contributed by atoms with Crippen molar-refractivity contribution in [1.29, 1.82) is 0 Å². The minimum absolute atomic E-state index is 0.0644. The Bertz CT molecular complexity index is 1020. The normalized spacial score (nSPS) is 16.5. The molecule has 1 aromatic heterocycles. The van der Waals surface area contributed by atoms with E-state index in [1.807, 2.05) is 53.4 Å². The number of carbonyl (C=O) groups excluding carboxylic acids is 1. The van der Waals surface area contributed by atoms with Crippen LogP contribution in [0.4, 0.5) is 5.69 Å². The maximum Gasteiger partial charge on any atom is 0.253 e. The molecule has 1 saturated heterocycles. The molecule has 29 heavy (non-hydrogen) atoms. The Hall–Kier alpha value is -3.28.